The fraction of sp³-hybridized carbons (Fsp3) is 0.316. The van der Waals surface area contributed by atoms with Crippen LogP contribution in [0.5, 0.6) is 11.5 Å². The molecular weight excluding hydrogens is 426 g/mol. The number of sulfonamides is 1. The van der Waals surface area contributed by atoms with Crippen LogP contribution in [0.1, 0.15) is 6.42 Å². The summed E-state index contributed by atoms with van der Waals surface area (Å²) in [4.78, 5) is 14.1. The lowest BCUT2D eigenvalue weighted by molar-refractivity contribution is -0.385. The zero-order chi connectivity index (χ0) is 22.3. The molecule has 11 nitrogen and oxygen atoms in total. The van der Waals surface area contributed by atoms with Crippen LogP contribution in [0.25, 0.3) is 0 Å². The average Bonchev–Trinajstić information content (AvgIpc) is 3.01. The molecule has 0 aromatic heterocycles. The van der Waals surface area contributed by atoms with Crippen molar-refractivity contribution in [3.63, 3.8) is 0 Å². The number of hydrogen-bond donors (Lipinski definition) is 3. The lowest BCUT2D eigenvalue weighted by Gasteiger charge is -2.14. The van der Waals surface area contributed by atoms with Crippen molar-refractivity contribution < 1.29 is 22.8 Å². The van der Waals surface area contributed by atoms with Crippen molar-refractivity contribution in [1.29, 1.82) is 0 Å². The Balaban J connectivity index is 1.53. The molecule has 0 amide bonds. The van der Waals surface area contributed by atoms with E-state index in [9.17, 15) is 18.5 Å². The van der Waals surface area contributed by atoms with E-state index in [0.717, 1.165) is 18.2 Å². The minimum atomic E-state index is -3.88. The Labute approximate surface area is 179 Å². The average molecular weight is 449 g/mol. The highest BCUT2D eigenvalue weighted by Gasteiger charge is 2.17. The third-order valence-corrected chi connectivity index (χ3v) is 5.74. The monoisotopic (exact) mass is 449 g/mol. The van der Waals surface area contributed by atoms with Crippen LogP contribution in [0.2, 0.25) is 0 Å². The van der Waals surface area contributed by atoms with Gasteiger partial charge >= 0.3 is 0 Å². The molecule has 0 unspecified atom stereocenters. The van der Waals surface area contributed by atoms with Crippen LogP contribution in [0.4, 0.5) is 11.4 Å². The third kappa shape index (κ3) is 6.06. The van der Waals surface area contributed by atoms with Crippen LogP contribution in [0, 0.1) is 10.1 Å². The summed E-state index contributed by atoms with van der Waals surface area (Å²) >= 11 is 0. The van der Waals surface area contributed by atoms with Crippen molar-refractivity contribution in [1.82, 2.24) is 10.0 Å². The zero-order valence-electron chi connectivity index (χ0n) is 16.8. The SMILES string of the molecule is CN=C(NCCNS(=O)(=O)c1cccc([N+](=O)[O-])c1)Nc1ccc2c(c1)OCCCO2. The van der Waals surface area contributed by atoms with Gasteiger partial charge in [0.2, 0.25) is 10.0 Å². The fourth-order valence-electron chi connectivity index (χ4n) is 2.77. The first kappa shape index (κ1) is 22.3. The summed E-state index contributed by atoms with van der Waals surface area (Å²) < 4.78 is 38.4. The molecule has 0 fully saturated rings. The van der Waals surface area contributed by atoms with Gasteiger partial charge in [0.25, 0.3) is 5.69 Å². The number of benzene rings is 2. The number of aliphatic imine (C=N–C) groups is 1. The number of nitrogens with zero attached hydrogens (tertiary/aromatic N) is 2. The second-order valence-corrected chi connectivity index (χ2v) is 8.26. The number of anilines is 1. The molecule has 166 valence electrons. The topological polar surface area (TPSA) is 144 Å². The molecule has 2 aromatic carbocycles. The van der Waals surface area contributed by atoms with Gasteiger partial charge in [-0.2, -0.15) is 0 Å². The highest BCUT2D eigenvalue weighted by Crippen LogP contribution is 2.32. The van der Waals surface area contributed by atoms with Gasteiger partial charge in [0, 0.05) is 50.4 Å². The maximum atomic E-state index is 12.3. The summed E-state index contributed by atoms with van der Waals surface area (Å²) in [6.07, 6.45) is 0.812. The Bertz CT molecular complexity index is 1070. The van der Waals surface area contributed by atoms with Crippen LogP contribution in [-0.4, -0.2) is 52.7 Å². The van der Waals surface area contributed by atoms with Gasteiger partial charge in [-0.3, -0.25) is 15.1 Å². The molecule has 3 N–H and O–H groups in total. The second-order valence-electron chi connectivity index (χ2n) is 6.49. The summed E-state index contributed by atoms with van der Waals surface area (Å²) in [6.45, 7) is 1.47. The van der Waals surface area contributed by atoms with Crippen molar-refractivity contribution in [3.8, 4) is 11.5 Å². The molecule has 1 heterocycles. The van der Waals surface area contributed by atoms with Gasteiger partial charge in [-0.25, -0.2) is 13.1 Å². The number of nitro benzene ring substituents is 1. The summed E-state index contributed by atoms with van der Waals surface area (Å²) in [5.74, 6) is 1.76. The van der Waals surface area contributed by atoms with Crippen LogP contribution in [0.15, 0.2) is 52.4 Å². The molecule has 0 aliphatic carbocycles. The van der Waals surface area contributed by atoms with E-state index in [1.54, 1.807) is 13.1 Å². The molecular formula is C19H23N5O6S. The van der Waals surface area contributed by atoms with Crippen LogP contribution < -0.4 is 24.8 Å². The Kier molecular flexibility index (Phi) is 7.26. The van der Waals surface area contributed by atoms with Gasteiger partial charge in [-0.1, -0.05) is 6.07 Å². The van der Waals surface area contributed by atoms with E-state index in [4.69, 9.17) is 9.47 Å². The number of non-ortho nitro benzene ring substituents is 1. The first-order chi connectivity index (χ1) is 14.9. The zero-order valence-corrected chi connectivity index (χ0v) is 17.6. The Morgan fingerprint density at radius 1 is 1.13 bits per heavy atom. The molecule has 2 aromatic rings. The minimum Gasteiger partial charge on any atom is -0.490 e. The number of rotatable bonds is 7. The molecule has 1 aliphatic heterocycles. The Morgan fingerprint density at radius 3 is 2.65 bits per heavy atom. The van der Waals surface area contributed by atoms with Crippen molar-refractivity contribution in [2.24, 2.45) is 4.99 Å². The molecule has 0 spiro atoms. The minimum absolute atomic E-state index is 0.0485. The molecule has 0 bridgehead atoms. The van der Waals surface area contributed by atoms with Crippen molar-refractivity contribution in [2.75, 3.05) is 38.7 Å². The standard InChI is InChI=1S/C19H23N5O6S/c1-20-19(23-14-6-7-17-18(12-14)30-11-3-10-29-17)21-8-9-22-31(27,28)16-5-2-4-15(13-16)24(25)26/h2,4-7,12-13,22H,3,8-11H2,1H3,(H2,20,21,23). The maximum absolute atomic E-state index is 12.3. The predicted molar refractivity (Wildman–Crippen MR) is 115 cm³/mol. The molecule has 12 heteroatoms. The lowest BCUT2D eigenvalue weighted by atomic mass is 10.3. The van der Waals surface area contributed by atoms with E-state index >= 15 is 0 Å². The van der Waals surface area contributed by atoms with E-state index in [1.807, 2.05) is 12.1 Å². The third-order valence-electron chi connectivity index (χ3n) is 4.28. The van der Waals surface area contributed by atoms with Crippen molar-refractivity contribution in [2.45, 2.75) is 11.3 Å². The number of guanidine groups is 1. The van der Waals surface area contributed by atoms with Crippen LogP contribution in [0.3, 0.4) is 0 Å². The smallest absolute Gasteiger partial charge is 0.270 e. The van der Waals surface area contributed by atoms with E-state index < -0.39 is 14.9 Å². The summed E-state index contributed by atoms with van der Waals surface area (Å²) in [5.41, 5.74) is 0.440. The van der Waals surface area contributed by atoms with Gasteiger partial charge < -0.3 is 20.1 Å². The summed E-state index contributed by atoms with van der Waals surface area (Å²) in [7, 11) is -2.29. The number of ether oxygens (including phenoxy) is 2. The van der Waals surface area contributed by atoms with Gasteiger partial charge in [0.1, 0.15) is 0 Å². The molecule has 31 heavy (non-hydrogen) atoms. The molecule has 3 rings (SSSR count). The quantitative estimate of drug-likeness (QED) is 0.191. The highest BCUT2D eigenvalue weighted by molar-refractivity contribution is 7.89. The molecule has 0 saturated carbocycles. The van der Waals surface area contributed by atoms with Gasteiger partial charge in [0.15, 0.2) is 17.5 Å². The lowest BCUT2D eigenvalue weighted by Crippen LogP contribution is -2.37. The summed E-state index contributed by atoms with van der Waals surface area (Å²) in [5, 5.41) is 16.9. The normalized spacial score (nSPS) is 13.9. The summed E-state index contributed by atoms with van der Waals surface area (Å²) in [6, 6.07) is 10.3. The Hall–Kier alpha value is -3.38. The van der Waals surface area contributed by atoms with E-state index in [1.165, 1.54) is 18.2 Å². The number of hydrogen-bond acceptors (Lipinski definition) is 7. The van der Waals surface area contributed by atoms with Gasteiger partial charge in [0.05, 0.1) is 23.0 Å². The number of nitro groups is 1. The maximum Gasteiger partial charge on any atom is 0.270 e. The van der Waals surface area contributed by atoms with Crippen LogP contribution in [-0.2, 0) is 10.0 Å². The molecule has 0 radical (unpaired) electrons. The fourth-order valence-corrected chi connectivity index (χ4v) is 3.84. The first-order valence-electron chi connectivity index (χ1n) is 9.50. The van der Waals surface area contributed by atoms with E-state index in [2.05, 4.69) is 20.3 Å². The first-order valence-corrected chi connectivity index (χ1v) is 11.0. The van der Waals surface area contributed by atoms with E-state index in [0.29, 0.717) is 30.7 Å². The number of nitrogens with one attached hydrogen (secondary N) is 3. The van der Waals surface area contributed by atoms with Crippen LogP contribution >= 0.6 is 0 Å². The van der Waals surface area contributed by atoms with Crippen molar-refractivity contribution >= 4 is 27.4 Å². The largest absolute Gasteiger partial charge is 0.490 e. The molecule has 0 atom stereocenters. The van der Waals surface area contributed by atoms with Gasteiger partial charge in [-0.05, 0) is 18.2 Å². The second kappa shape index (κ2) is 10.1. The Morgan fingerprint density at radius 2 is 1.90 bits per heavy atom. The van der Waals surface area contributed by atoms with Gasteiger partial charge in [-0.15, -0.1) is 0 Å². The highest BCUT2D eigenvalue weighted by atomic mass is 32.2. The van der Waals surface area contributed by atoms with E-state index in [-0.39, 0.29) is 23.7 Å². The number of fused-ring (bicyclic) bond motifs is 1. The molecule has 1 aliphatic rings. The predicted octanol–water partition coefficient (Wildman–Crippen LogP) is 1.72. The van der Waals surface area contributed by atoms with Crippen molar-refractivity contribution in [3.05, 3.63) is 52.6 Å². The molecule has 0 saturated heterocycles.